The molecule has 2 nitrogen and oxygen atoms in total. The van der Waals surface area contributed by atoms with E-state index in [1.165, 1.54) is 10.4 Å². The first-order valence-corrected chi connectivity index (χ1v) is 8.93. The molecule has 0 bridgehead atoms. The lowest BCUT2D eigenvalue weighted by Gasteiger charge is -2.33. The summed E-state index contributed by atoms with van der Waals surface area (Å²) in [5.41, 5.74) is 3.53. The average molecular weight is 334 g/mol. The van der Waals surface area contributed by atoms with E-state index < -0.39 is 0 Å². The van der Waals surface area contributed by atoms with Gasteiger partial charge >= 0.3 is 0 Å². The predicted molar refractivity (Wildman–Crippen MR) is 92.7 cm³/mol. The van der Waals surface area contributed by atoms with Gasteiger partial charge in [-0.05, 0) is 60.9 Å². The van der Waals surface area contributed by atoms with Crippen molar-refractivity contribution in [1.82, 2.24) is 4.90 Å². The van der Waals surface area contributed by atoms with Gasteiger partial charge in [-0.15, -0.1) is 11.3 Å². The van der Waals surface area contributed by atoms with E-state index in [-0.39, 0.29) is 11.9 Å². The molecule has 0 aliphatic carbocycles. The minimum atomic E-state index is 0.198. The van der Waals surface area contributed by atoms with Crippen molar-refractivity contribution in [2.24, 2.45) is 0 Å². The first-order valence-electron chi connectivity index (χ1n) is 7.67. The molecule has 0 spiro atoms. The quantitative estimate of drug-likeness (QED) is 0.791. The lowest BCUT2D eigenvalue weighted by molar-refractivity contribution is -0.133. The van der Waals surface area contributed by atoms with Crippen LogP contribution in [0.5, 0.6) is 0 Å². The molecule has 4 heteroatoms. The summed E-state index contributed by atoms with van der Waals surface area (Å²) in [6.07, 6.45) is 2.28. The molecule has 0 saturated heterocycles. The summed E-state index contributed by atoms with van der Waals surface area (Å²) in [6, 6.07) is 8.41. The number of aryl methyl sites for hydroxylation is 2. The summed E-state index contributed by atoms with van der Waals surface area (Å²) in [5.74, 6) is 0.237. The fourth-order valence-corrected chi connectivity index (χ4v) is 4.20. The lowest BCUT2D eigenvalue weighted by atomic mass is 10.00. The topological polar surface area (TPSA) is 20.3 Å². The normalized spacial score (nSPS) is 17.4. The number of carbonyl (C=O) groups is 1. The third kappa shape index (κ3) is 3.06. The zero-order chi connectivity index (χ0) is 15.7. The number of halogens is 1. The van der Waals surface area contributed by atoms with Gasteiger partial charge in [0.05, 0.1) is 6.04 Å². The Morgan fingerprint density at radius 1 is 1.41 bits per heavy atom. The molecule has 1 atom stereocenters. The Morgan fingerprint density at radius 2 is 2.23 bits per heavy atom. The van der Waals surface area contributed by atoms with Crippen molar-refractivity contribution in [3.8, 4) is 0 Å². The highest BCUT2D eigenvalue weighted by molar-refractivity contribution is 7.10. The van der Waals surface area contributed by atoms with Crippen LogP contribution in [0.1, 0.15) is 41.0 Å². The standard InChI is InChI=1S/C18H20ClNOS/c1-12-3-4-14(11-16(12)19)5-6-18(21)20-9-7-17-15(13(20)2)8-10-22-17/h3-4,8,10-11,13H,5-7,9H2,1-2H3. The van der Waals surface area contributed by atoms with Crippen LogP contribution < -0.4 is 0 Å². The Kier molecular flexibility index (Phi) is 4.55. The summed E-state index contributed by atoms with van der Waals surface area (Å²) in [6.45, 7) is 4.96. The van der Waals surface area contributed by atoms with E-state index >= 15 is 0 Å². The fraction of sp³-hybridized carbons (Fsp3) is 0.389. The molecule has 3 rings (SSSR count). The molecule has 22 heavy (non-hydrogen) atoms. The van der Waals surface area contributed by atoms with Gasteiger partial charge in [0.2, 0.25) is 5.91 Å². The molecule has 0 saturated carbocycles. The first-order chi connectivity index (χ1) is 10.6. The molecular formula is C18H20ClNOS. The van der Waals surface area contributed by atoms with E-state index in [1.54, 1.807) is 11.3 Å². The largest absolute Gasteiger partial charge is 0.336 e. The maximum absolute atomic E-state index is 12.6. The predicted octanol–water partition coefficient (Wildman–Crippen LogP) is 4.79. The number of nitrogens with zero attached hydrogens (tertiary/aromatic N) is 1. The maximum Gasteiger partial charge on any atom is 0.223 e. The van der Waals surface area contributed by atoms with E-state index in [1.807, 2.05) is 24.0 Å². The molecule has 1 aliphatic heterocycles. The summed E-state index contributed by atoms with van der Waals surface area (Å²) in [4.78, 5) is 16.0. The van der Waals surface area contributed by atoms with E-state index in [9.17, 15) is 4.79 Å². The zero-order valence-corrected chi connectivity index (χ0v) is 14.5. The molecule has 2 heterocycles. The number of hydrogen-bond donors (Lipinski definition) is 0. The number of carbonyl (C=O) groups excluding carboxylic acids is 1. The Bertz CT molecular complexity index is 694. The van der Waals surface area contributed by atoms with Crippen molar-refractivity contribution < 1.29 is 4.79 Å². The number of amides is 1. The van der Waals surface area contributed by atoms with Crippen molar-refractivity contribution in [1.29, 1.82) is 0 Å². The molecule has 1 aliphatic rings. The number of rotatable bonds is 3. The molecule has 1 aromatic heterocycles. The SMILES string of the molecule is Cc1ccc(CCC(=O)N2CCc3sccc3C2C)cc1Cl. The van der Waals surface area contributed by atoms with E-state index in [4.69, 9.17) is 11.6 Å². The Hall–Kier alpha value is -1.32. The Balaban J connectivity index is 1.64. The average Bonchev–Trinajstić information content (AvgIpc) is 2.98. The number of hydrogen-bond acceptors (Lipinski definition) is 2. The van der Waals surface area contributed by atoms with Crippen LogP contribution >= 0.6 is 22.9 Å². The maximum atomic E-state index is 12.6. The van der Waals surface area contributed by atoms with Gasteiger partial charge in [-0.3, -0.25) is 4.79 Å². The number of fused-ring (bicyclic) bond motifs is 1. The van der Waals surface area contributed by atoms with Crippen LogP contribution in [-0.2, 0) is 17.6 Å². The van der Waals surface area contributed by atoms with Gasteiger partial charge in [-0.2, -0.15) is 0 Å². The highest BCUT2D eigenvalue weighted by Gasteiger charge is 2.27. The van der Waals surface area contributed by atoms with E-state index in [2.05, 4.69) is 24.4 Å². The van der Waals surface area contributed by atoms with Gasteiger partial charge in [-0.25, -0.2) is 0 Å². The monoisotopic (exact) mass is 333 g/mol. The minimum Gasteiger partial charge on any atom is -0.336 e. The highest BCUT2D eigenvalue weighted by atomic mass is 35.5. The van der Waals surface area contributed by atoms with E-state index in [0.29, 0.717) is 6.42 Å². The number of thiophene rings is 1. The van der Waals surface area contributed by atoms with Crippen LogP contribution in [0.4, 0.5) is 0 Å². The van der Waals surface area contributed by atoms with Crippen LogP contribution in [-0.4, -0.2) is 17.4 Å². The second kappa shape index (κ2) is 6.43. The minimum absolute atomic E-state index is 0.198. The van der Waals surface area contributed by atoms with Gasteiger partial charge in [0.1, 0.15) is 0 Å². The first kappa shape index (κ1) is 15.6. The molecule has 0 N–H and O–H groups in total. The highest BCUT2D eigenvalue weighted by Crippen LogP contribution is 2.33. The molecule has 2 aromatic rings. The van der Waals surface area contributed by atoms with Gasteiger partial charge in [-0.1, -0.05) is 23.7 Å². The smallest absolute Gasteiger partial charge is 0.223 e. The summed E-state index contributed by atoms with van der Waals surface area (Å²) < 4.78 is 0. The van der Waals surface area contributed by atoms with Gasteiger partial charge in [0.25, 0.3) is 0 Å². The molecule has 0 fully saturated rings. The van der Waals surface area contributed by atoms with Crippen molar-refractivity contribution >= 4 is 28.8 Å². The van der Waals surface area contributed by atoms with Crippen LogP contribution in [0.3, 0.4) is 0 Å². The second-order valence-electron chi connectivity index (χ2n) is 5.90. The molecule has 1 unspecified atom stereocenters. The van der Waals surface area contributed by atoms with Gasteiger partial charge < -0.3 is 4.90 Å². The molecule has 116 valence electrons. The van der Waals surface area contributed by atoms with Crippen LogP contribution in [0.2, 0.25) is 5.02 Å². The Morgan fingerprint density at radius 3 is 3.00 bits per heavy atom. The van der Waals surface area contributed by atoms with Crippen LogP contribution in [0, 0.1) is 6.92 Å². The van der Waals surface area contributed by atoms with Gasteiger partial charge in [0.15, 0.2) is 0 Å². The number of benzene rings is 1. The summed E-state index contributed by atoms with van der Waals surface area (Å²) >= 11 is 7.95. The summed E-state index contributed by atoms with van der Waals surface area (Å²) in [7, 11) is 0. The van der Waals surface area contributed by atoms with Crippen molar-refractivity contribution in [2.75, 3.05) is 6.54 Å². The third-order valence-corrected chi connectivity index (χ3v) is 5.87. The second-order valence-corrected chi connectivity index (χ2v) is 7.30. The van der Waals surface area contributed by atoms with Gasteiger partial charge in [0, 0.05) is 22.9 Å². The van der Waals surface area contributed by atoms with E-state index in [0.717, 1.165) is 35.5 Å². The third-order valence-electron chi connectivity index (χ3n) is 4.46. The zero-order valence-electron chi connectivity index (χ0n) is 12.9. The molecule has 0 radical (unpaired) electrons. The molecular weight excluding hydrogens is 314 g/mol. The van der Waals surface area contributed by atoms with Crippen molar-refractivity contribution in [2.45, 2.75) is 39.2 Å². The molecule has 1 aromatic carbocycles. The van der Waals surface area contributed by atoms with Crippen LogP contribution in [0.25, 0.3) is 0 Å². The molecule has 1 amide bonds. The lowest BCUT2D eigenvalue weighted by Crippen LogP contribution is -2.38. The van der Waals surface area contributed by atoms with Crippen molar-refractivity contribution in [3.05, 3.63) is 56.2 Å². The summed E-state index contributed by atoms with van der Waals surface area (Å²) in [5, 5.41) is 2.91. The fourth-order valence-electron chi connectivity index (χ4n) is 3.04. The Labute approximate surface area is 140 Å². The van der Waals surface area contributed by atoms with Crippen LogP contribution in [0.15, 0.2) is 29.6 Å². The van der Waals surface area contributed by atoms with Crippen molar-refractivity contribution in [3.63, 3.8) is 0 Å².